The second-order valence-electron chi connectivity index (χ2n) is 6.99. The Morgan fingerprint density at radius 2 is 1.90 bits per heavy atom. The van der Waals surface area contributed by atoms with Gasteiger partial charge in [-0.25, -0.2) is 0 Å². The number of unbranched alkanes of at least 4 members (excludes halogenated alkanes) is 1. The molecule has 1 unspecified atom stereocenters. The summed E-state index contributed by atoms with van der Waals surface area (Å²) in [6.07, 6.45) is 1.91. The van der Waals surface area contributed by atoms with Crippen LogP contribution in [0.2, 0.25) is 0 Å². The minimum Gasteiger partial charge on any atom is -0.489 e. The van der Waals surface area contributed by atoms with E-state index in [9.17, 15) is 4.79 Å². The molecule has 2 N–H and O–H groups in total. The van der Waals surface area contributed by atoms with Gasteiger partial charge < -0.3 is 19.9 Å². The van der Waals surface area contributed by atoms with Gasteiger partial charge in [-0.3, -0.25) is 9.79 Å². The van der Waals surface area contributed by atoms with Crippen LogP contribution in [0, 0.1) is 13.8 Å². The summed E-state index contributed by atoms with van der Waals surface area (Å²) in [5, 5.41) is 6.60. The standard InChI is InChI=1S/C22H32N4O2.HI/c1-17-9-7-11-20(15-17)28-19(3)16-25-22(23-4)24-13-5-6-14-26-18(2)10-8-12-21(26)27;/h7-12,15,19H,5-6,13-14,16H2,1-4H3,(H2,23,24,25);1H. The highest BCUT2D eigenvalue weighted by Gasteiger charge is 2.06. The first-order valence-corrected chi connectivity index (χ1v) is 9.84. The molecule has 7 heteroatoms. The summed E-state index contributed by atoms with van der Waals surface area (Å²) in [6, 6.07) is 13.4. The Morgan fingerprint density at radius 1 is 1.14 bits per heavy atom. The molecule has 1 heterocycles. The van der Waals surface area contributed by atoms with Gasteiger partial charge in [0.25, 0.3) is 5.56 Å². The number of nitrogens with zero attached hydrogens (tertiary/aromatic N) is 2. The number of guanidine groups is 1. The molecule has 6 nitrogen and oxygen atoms in total. The number of nitrogens with one attached hydrogen (secondary N) is 2. The largest absolute Gasteiger partial charge is 0.489 e. The van der Waals surface area contributed by atoms with Crippen LogP contribution >= 0.6 is 24.0 Å². The van der Waals surface area contributed by atoms with Crippen molar-refractivity contribution < 1.29 is 4.74 Å². The second kappa shape index (κ2) is 13.2. The van der Waals surface area contributed by atoms with Gasteiger partial charge in [0.05, 0.1) is 6.54 Å². The number of aryl methyl sites for hydroxylation is 2. The second-order valence-corrected chi connectivity index (χ2v) is 6.99. The molecule has 0 saturated heterocycles. The van der Waals surface area contributed by atoms with Crippen molar-refractivity contribution in [1.29, 1.82) is 0 Å². The van der Waals surface area contributed by atoms with Crippen molar-refractivity contribution in [1.82, 2.24) is 15.2 Å². The Morgan fingerprint density at radius 3 is 2.59 bits per heavy atom. The average Bonchev–Trinajstić information content (AvgIpc) is 2.66. The van der Waals surface area contributed by atoms with E-state index < -0.39 is 0 Å². The summed E-state index contributed by atoms with van der Waals surface area (Å²) in [7, 11) is 1.76. The lowest BCUT2D eigenvalue weighted by Gasteiger charge is -2.18. The molecule has 0 fully saturated rings. The molecule has 1 aromatic carbocycles. The van der Waals surface area contributed by atoms with Crippen molar-refractivity contribution in [2.45, 2.75) is 46.3 Å². The highest BCUT2D eigenvalue weighted by atomic mass is 127. The zero-order valence-electron chi connectivity index (χ0n) is 17.8. The minimum absolute atomic E-state index is 0. The Bertz CT molecular complexity index is 836. The Hall–Kier alpha value is -2.03. The summed E-state index contributed by atoms with van der Waals surface area (Å²) in [5.74, 6) is 1.64. The lowest BCUT2D eigenvalue weighted by atomic mass is 10.2. The molecule has 1 aromatic heterocycles. The molecule has 0 bridgehead atoms. The zero-order chi connectivity index (χ0) is 20.4. The quantitative estimate of drug-likeness (QED) is 0.234. The third-order valence-corrected chi connectivity index (χ3v) is 4.48. The van der Waals surface area contributed by atoms with Gasteiger partial charge in [-0.15, -0.1) is 24.0 Å². The van der Waals surface area contributed by atoms with Crippen LogP contribution in [0.25, 0.3) is 0 Å². The van der Waals surface area contributed by atoms with Crippen LogP contribution in [0.4, 0.5) is 0 Å². The van der Waals surface area contributed by atoms with Crippen LogP contribution in [0.5, 0.6) is 5.75 Å². The number of rotatable bonds is 9. The fourth-order valence-electron chi connectivity index (χ4n) is 2.94. The third kappa shape index (κ3) is 8.89. The maximum absolute atomic E-state index is 11.9. The van der Waals surface area contributed by atoms with Gasteiger partial charge >= 0.3 is 0 Å². The molecule has 0 aliphatic carbocycles. The van der Waals surface area contributed by atoms with E-state index >= 15 is 0 Å². The summed E-state index contributed by atoms with van der Waals surface area (Å²) >= 11 is 0. The predicted octanol–water partition coefficient (Wildman–Crippen LogP) is 3.50. The van der Waals surface area contributed by atoms with Crippen LogP contribution in [-0.4, -0.2) is 36.8 Å². The molecule has 0 spiro atoms. The topological polar surface area (TPSA) is 67.7 Å². The zero-order valence-corrected chi connectivity index (χ0v) is 20.1. The van der Waals surface area contributed by atoms with Crippen LogP contribution in [0.1, 0.15) is 31.0 Å². The summed E-state index contributed by atoms with van der Waals surface area (Å²) in [4.78, 5) is 16.1. The smallest absolute Gasteiger partial charge is 0.250 e. The van der Waals surface area contributed by atoms with E-state index in [0.29, 0.717) is 6.54 Å². The number of benzene rings is 1. The average molecular weight is 512 g/mol. The molecule has 2 aromatic rings. The molecule has 2 rings (SSSR count). The highest BCUT2D eigenvalue weighted by molar-refractivity contribution is 14.0. The number of ether oxygens (including phenoxy) is 1. The molecular weight excluding hydrogens is 479 g/mol. The van der Waals surface area contributed by atoms with Crippen molar-refractivity contribution >= 4 is 29.9 Å². The third-order valence-electron chi connectivity index (χ3n) is 4.48. The van der Waals surface area contributed by atoms with Crippen molar-refractivity contribution in [3.05, 3.63) is 64.1 Å². The van der Waals surface area contributed by atoms with Gasteiger partial charge in [-0.2, -0.15) is 0 Å². The lowest BCUT2D eigenvalue weighted by molar-refractivity contribution is 0.223. The van der Waals surface area contributed by atoms with Gasteiger partial charge in [0.2, 0.25) is 0 Å². The molecule has 1 atom stereocenters. The minimum atomic E-state index is 0. The summed E-state index contributed by atoms with van der Waals surface area (Å²) in [6.45, 7) is 8.24. The Kier molecular flexibility index (Phi) is 11.4. The lowest BCUT2D eigenvalue weighted by Crippen LogP contribution is -2.42. The SMILES string of the molecule is CN=C(NCCCCn1c(C)cccc1=O)NCC(C)Oc1cccc(C)c1.I. The number of pyridine rings is 1. The number of aromatic nitrogens is 1. The normalized spacial score (nSPS) is 12.1. The van der Waals surface area contributed by atoms with E-state index in [4.69, 9.17) is 4.74 Å². The first-order chi connectivity index (χ1) is 13.5. The first-order valence-electron chi connectivity index (χ1n) is 9.84. The van der Waals surface area contributed by atoms with Gasteiger partial charge in [-0.05, 0) is 57.4 Å². The molecule has 0 aliphatic rings. The fourth-order valence-corrected chi connectivity index (χ4v) is 2.94. The molecule has 0 amide bonds. The monoisotopic (exact) mass is 512 g/mol. The van der Waals surface area contributed by atoms with E-state index in [1.165, 1.54) is 5.56 Å². The molecule has 29 heavy (non-hydrogen) atoms. The number of hydrogen-bond donors (Lipinski definition) is 2. The first kappa shape index (κ1) is 25.0. The van der Waals surface area contributed by atoms with Gasteiger partial charge in [0.1, 0.15) is 11.9 Å². The van der Waals surface area contributed by atoms with Crippen molar-refractivity contribution in [2.75, 3.05) is 20.1 Å². The number of halogens is 1. The van der Waals surface area contributed by atoms with Crippen LogP contribution < -0.4 is 20.9 Å². The molecule has 0 saturated carbocycles. The van der Waals surface area contributed by atoms with Gasteiger partial charge in [0, 0.05) is 31.9 Å². The van der Waals surface area contributed by atoms with Gasteiger partial charge in [-0.1, -0.05) is 18.2 Å². The van der Waals surface area contributed by atoms with Crippen molar-refractivity contribution in [3.63, 3.8) is 0 Å². The van der Waals surface area contributed by atoms with Gasteiger partial charge in [0.15, 0.2) is 5.96 Å². The fraction of sp³-hybridized carbons (Fsp3) is 0.455. The molecule has 160 valence electrons. The molecule has 0 radical (unpaired) electrons. The molecule has 0 aliphatic heterocycles. The number of hydrogen-bond acceptors (Lipinski definition) is 3. The maximum atomic E-state index is 11.9. The predicted molar refractivity (Wildman–Crippen MR) is 131 cm³/mol. The van der Waals surface area contributed by atoms with E-state index in [1.807, 2.05) is 42.7 Å². The van der Waals surface area contributed by atoms with E-state index in [2.05, 4.69) is 28.6 Å². The van der Waals surface area contributed by atoms with Crippen LogP contribution in [0.3, 0.4) is 0 Å². The molecular formula is C22H33IN4O2. The summed E-state index contributed by atoms with van der Waals surface area (Å²) in [5.41, 5.74) is 2.25. The number of aliphatic imine (C=N–C) groups is 1. The highest BCUT2D eigenvalue weighted by Crippen LogP contribution is 2.13. The van der Waals surface area contributed by atoms with E-state index in [-0.39, 0.29) is 35.6 Å². The van der Waals surface area contributed by atoms with Crippen LogP contribution in [-0.2, 0) is 6.54 Å². The van der Waals surface area contributed by atoms with E-state index in [0.717, 1.165) is 43.3 Å². The maximum Gasteiger partial charge on any atom is 0.250 e. The Balaban J connectivity index is 0.00000420. The Labute approximate surface area is 190 Å². The van der Waals surface area contributed by atoms with Crippen molar-refractivity contribution in [3.8, 4) is 5.75 Å². The van der Waals surface area contributed by atoms with Crippen LogP contribution in [0.15, 0.2) is 52.3 Å². The summed E-state index contributed by atoms with van der Waals surface area (Å²) < 4.78 is 7.74. The van der Waals surface area contributed by atoms with Crippen molar-refractivity contribution in [2.24, 2.45) is 4.99 Å². The van der Waals surface area contributed by atoms with E-state index in [1.54, 1.807) is 19.2 Å².